The summed E-state index contributed by atoms with van der Waals surface area (Å²) in [5, 5.41) is 11.2. The van der Waals surface area contributed by atoms with E-state index in [9.17, 15) is 7.85 Å². The molecule has 1 heterocycles. The molecule has 126 valence electrons. The second kappa shape index (κ2) is 6.22. The molecule has 0 fully saturated rings. The van der Waals surface area contributed by atoms with Gasteiger partial charge >= 0.3 is 0 Å². The van der Waals surface area contributed by atoms with Gasteiger partial charge < -0.3 is 9.84 Å². The standard InChI is InChI=1S/C21H30O2/c1-5-6-7-8-15-12-18(22)20-16-11-14(2)9-10-17(16)21(3,4)23-19(20)13-15/h11-13,16-17,22H,5-10H2,1-4H3/t16-,17-/m1/s1/i3D3,4D3,8D2,9D2,10D2,11D,12D,13D,16D,17D. The zero-order valence-corrected chi connectivity index (χ0v) is 13.0. The van der Waals surface area contributed by atoms with E-state index in [1.807, 2.05) is 0 Å². The smallest absolute Gasteiger partial charge is 0.127 e. The first kappa shape index (κ1) is 5.54. The molecule has 2 nitrogen and oxygen atoms in total. The largest absolute Gasteiger partial charge is 0.507 e. The molecule has 1 aromatic rings. The fourth-order valence-corrected chi connectivity index (χ4v) is 2.44. The van der Waals surface area contributed by atoms with Crippen LogP contribution in [-0.2, 0) is 6.37 Å². The van der Waals surface area contributed by atoms with Crippen LogP contribution in [0.4, 0.5) is 0 Å². The molecular formula is C21H30O2. The summed E-state index contributed by atoms with van der Waals surface area (Å²) < 4.78 is 150. The van der Waals surface area contributed by atoms with Crippen molar-refractivity contribution in [2.45, 2.75) is 77.4 Å². The van der Waals surface area contributed by atoms with Gasteiger partial charge in [0.15, 0.2) is 0 Å². The number of hydrogen-bond donors (Lipinski definition) is 1. The van der Waals surface area contributed by atoms with E-state index in [1.54, 1.807) is 6.92 Å². The SMILES string of the molecule is [2H]C1=C(C)C([2H])([2H])C([2H])([2H])[C@@]2([2H])C(C([2H])([2H])[2H])(C([2H])([2H])[2H])Oc3c([2H])c(C([2H])([2H])CCCC)c([2H])c(O)c3[C@]12[2H]. The van der Waals surface area contributed by atoms with Gasteiger partial charge in [0.25, 0.3) is 0 Å². The minimum absolute atomic E-state index is 0.255. The van der Waals surface area contributed by atoms with Crippen LogP contribution in [-0.4, -0.2) is 10.7 Å². The lowest BCUT2D eigenvalue weighted by molar-refractivity contribution is 0.0107. The van der Waals surface area contributed by atoms with Crippen molar-refractivity contribution in [3.63, 3.8) is 0 Å². The van der Waals surface area contributed by atoms with Gasteiger partial charge in [-0.3, -0.25) is 0 Å². The Labute approximate surface area is 164 Å². The molecule has 0 aromatic heterocycles. The Balaban J connectivity index is 2.76. The van der Waals surface area contributed by atoms with Crippen LogP contribution in [0.3, 0.4) is 0 Å². The number of phenolic OH excluding ortho intramolecular Hbond substituents is 1. The lowest BCUT2D eigenvalue weighted by atomic mass is 9.68. The van der Waals surface area contributed by atoms with E-state index in [1.165, 1.54) is 0 Å². The van der Waals surface area contributed by atoms with E-state index >= 15 is 0 Å². The maximum atomic E-state index is 11.2. The van der Waals surface area contributed by atoms with E-state index in [-0.39, 0.29) is 12.8 Å². The topological polar surface area (TPSA) is 29.5 Å². The fourth-order valence-electron chi connectivity index (χ4n) is 2.44. The van der Waals surface area contributed by atoms with Crippen molar-refractivity contribution in [2.24, 2.45) is 5.89 Å². The molecule has 0 saturated carbocycles. The van der Waals surface area contributed by atoms with Crippen LogP contribution in [0.25, 0.3) is 0 Å². The summed E-state index contributed by atoms with van der Waals surface area (Å²) in [5.41, 5.74) is -6.90. The Hall–Kier alpha value is -1.44. The summed E-state index contributed by atoms with van der Waals surface area (Å²) in [5.74, 6) is -10.2. The van der Waals surface area contributed by atoms with Crippen molar-refractivity contribution < 1.29 is 33.1 Å². The van der Waals surface area contributed by atoms with E-state index in [2.05, 4.69) is 0 Å². The minimum atomic E-state index is -4.12. The highest BCUT2D eigenvalue weighted by Gasteiger charge is 2.45. The maximum Gasteiger partial charge on any atom is 0.127 e. The average Bonchev–Trinajstić information content (AvgIpc) is 2.79. The van der Waals surface area contributed by atoms with Crippen molar-refractivity contribution in [1.29, 1.82) is 0 Å². The summed E-state index contributed by atoms with van der Waals surface area (Å²) in [4.78, 5) is 0. The summed E-state index contributed by atoms with van der Waals surface area (Å²) in [6.07, 6.45) is -9.33. The molecule has 0 unspecified atom stereocenters. The van der Waals surface area contributed by atoms with Gasteiger partial charge in [0.05, 0.1) is 4.11 Å². The molecule has 3 rings (SSSR count). The van der Waals surface area contributed by atoms with Crippen LogP contribution in [0, 0.1) is 5.89 Å². The first-order chi connectivity index (χ1) is 17.7. The molecule has 0 amide bonds. The lowest BCUT2D eigenvalue weighted by Gasteiger charge is -2.46. The van der Waals surface area contributed by atoms with E-state index in [0.29, 0.717) is 6.42 Å². The normalized spacial score (nSPS) is 48.9. The molecule has 2 atom stereocenters. The summed E-state index contributed by atoms with van der Waals surface area (Å²) >= 11 is 0. The van der Waals surface area contributed by atoms with Gasteiger partial charge in [-0.05, 0) is 63.8 Å². The van der Waals surface area contributed by atoms with Gasteiger partial charge in [-0.25, -0.2) is 0 Å². The Morgan fingerprint density at radius 1 is 1.52 bits per heavy atom. The molecule has 1 aromatic carbocycles. The monoisotopic (exact) mass is 331 g/mol. The molecule has 1 aliphatic carbocycles. The van der Waals surface area contributed by atoms with Crippen LogP contribution < -0.4 is 4.74 Å². The molecule has 0 bridgehead atoms. The van der Waals surface area contributed by atoms with Crippen LogP contribution in [0.1, 0.15) is 99.9 Å². The molecule has 1 N–H and O–H groups in total. The van der Waals surface area contributed by atoms with Gasteiger partial charge in [0.1, 0.15) is 17.1 Å². The predicted molar refractivity (Wildman–Crippen MR) is 95.3 cm³/mol. The van der Waals surface area contributed by atoms with E-state index in [4.69, 9.17) is 25.3 Å². The number of allylic oxidation sites excluding steroid dienone is 2. The quantitative estimate of drug-likeness (QED) is 0.713. The zero-order valence-electron chi connectivity index (χ0n) is 30.0. The van der Waals surface area contributed by atoms with Gasteiger partial charge in [-0.2, -0.15) is 0 Å². The van der Waals surface area contributed by atoms with Crippen molar-refractivity contribution in [3.05, 3.63) is 34.8 Å². The number of ether oxygens (including phenoxy) is 1. The van der Waals surface area contributed by atoms with Gasteiger partial charge in [-0.1, -0.05) is 31.4 Å². The van der Waals surface area contributed by atoms with Crippen molar-refractivity contribution in [1.82, 2.24) is 0 Å². The summed E-state index contributed by atoms with van der Waals surface area (Å²) in [6, 6.07) is -3.44. The van der Waals surface area contributed by atoms with Gasteiger partial charge in [0.2, 0.25) is 0 Å². The number of fused-ring (bicyclic) bond motifs is 3. The number of aromatic hydroxyl groups is 1. The third-order valence-electron chi connectivity index (χ3n) is 3.57. The third-order valence-corrected chi connectivity index (χ3v) is 3.57. The van der Waals surface area contributed by atoms with Gasteiger partial charge in [0, 0.05) is 36.5 Å². The Morgan fingerprint density at radius 3 is 3.09 bits per heavy atom. The number of unbranched alkanes of at least 4 members (excludes halogenated alkanes) is 1. The molecule has 23 heavy (non-hydrogen) atoms. The molecule has 2 aliphatic rings. The average molecular weight is 332 g/mol. The number of benzene rings is 1. The number of rotatable bonds is 4. The predicted octanol–water partition coefficient (Wildman–Crippen LogP) is 5.74. The summed E-state index contributed by atoms with van der Waals surface area (Å²) in [6.45, 7) is -5.44. The van der Waals surface area contributed by atoms with E-state index < -0.39 is 96.5 Å². The highest BCUT2D eigenvalue weighted by Crippen LogP contribution is 2.53. The van der Waals surface area contributed by atoms with Crippen molar-refractivity contribution >= 4 is 0 Å². The molecule has 0 spiro atoms. The Kier molecular flexibility index (Phi) is 1.50. The van der Waals surface area contributed by atoms with Crippen LogP contribution in [0.5, 0.6) is 11.5 Å². The molecular weight excluding hydrogens is 284 g/mol. The number of phenols is 1. The summed E-state index contributed by atoms with van der Waals surface area (Å²) in [7, 11) is 0. The number of hydrogen-bond acceptors (Lipinski definition) is 2. The highest BCUT2D eigenvalue weighted by molar-refractivity contribution is 5.53. The first-order valence-corrected chi connectivity index (χ1v) is 7.44. The maximum absolute atomic E-state index is 11.2. The minimum Gasteiger partial charge on any atom is -0.507 e. The third kappa shape index (κ3) is 3.13. The Morgan fingerprint density at radius 2 is 2.35 bits per heavy atom. The van der Waals surface area contributed by atoms with Crippen molar-refractivity contribution in [2.75, 3.05) is 0 Å². The molecule has 0 saturated heterocycles. The second-order valence-electron chi connectivity index (χ2n) is 5.49. The first-order valence-electron chi connectivity index (χ1n) is 15.9. The van der Waals surface area contributed by atoms with Crippen molar-refractivity contribution in [3.8, 4) is 11.5 Å². The second-order valence-corrected chi connectivity index (χ2v) is 5.49. The Bertz CT molecular complexity index is 1250. The molecule has 2 heteroatoms. The highest BCUT2D eigenvalue weighted by atomic mass is 16.5. The van der Waals surface area contributed by atoms with Gasteiger partial charge in [-0.15, -0.1) is 0 Å². The molecule has 1 aliphatic heterocycles. The van der Waals surface area contributed by atoms with Crippen LogP contribution >= 0.6 is 0 Å². The fraction of sp³-hybridized carbons (Fsp3) is 0.619. The zero-order chi connectivity index (χ0) is 31.4. The van der Waals surface area contributed by atoms with Crippen LogP contribution in [0.15, 0.2) is 23.7 Å². The lowest BCUT2D eigenvalue weighted by Crippen LogP contribution is -2.45. The molecule has 0 radical (unpaired) electrons. The van der Waals surface area contributed by atoms with Crippen LogP contribution in [0.2, 0.25) is 0 Å². The van der Waals surface area contributed by atoms with E-state index in [0.717, 1.165) is 6.92 Å².